The molecule has 9 heteroatoms. The Morgan fingerprint density at radius 3 is 2.47 bits per heavy atom. The summed E-state index contributed by atoms with van der Waals surface area (Å²) in [4.78, 5) is 36.5. The van der Waals surface area contributed by atoms with Crippen LogP contribution in [0.25, 0.3) is 10.8 Å². The Morgan fingerprint density at radius 1 is 1.13 bits per heavy atom. The lowest BCUT2D eigenvalue weighted by Crippen LogP contribution is -2.47. The average molecular weight is 409 g/mol. The van der Waals surface area contributed by atoms with Crippen LogP contribution >= 0.6 is 0 Å². The second kappa shape index (κ2) is 7.11. The van der Waals surface area contributed by atoms with Gasteiger partial charge in [0, 0.05) is 17.0 Å². The molecule has 3 amide bonds. The normalized spacial score (nSPS) is 18.2. The van der Waals surface area contributed by atoms with Gasteiger partial charge in [0.15, 0.2) is 11.4 Å². The van der Waals surface area contributed by atoms with Gasteiger partial charge in [-0.15, -0.1) is 0 Å². The minimum absolute atomic E-state index is 0.0645. The lowest BCUT2D eigenvalue weighted by molar-refractivity contribution is -0.124. The van der Waals surface area contributed by atoms with Crippen molar-refractivity contribution >= 4 is 28.7 Å². The van der Waals surface area contributed by atoms with Gasteiger partial charge in [-0.2, -0.15) is 0 Å². The molecule has 1 saturated heterocycles. The summed E-state index contributed by atoms with van der Waals surface area (Å²) in [5.74, 6) is -0.564. The van der Waals surface area contributed by atoms with Crippen LogP contribution in [0.3, 0.4) is 0 Å². The molecule has 30 heavy (non-hydrogen) atoms. The number of urea groups is 1. The largest absolute Gasteiger partial charge is 0.497 e. The summed E-state index contributed by atoms with van der Waals surface area (Å²) in [5.41, 5.74) is -0.710. The number of nitrogens with zero attached hydrogens (tertiary/aromatic N) is 1. The molecule has 1 aliphatic rings. The number of carbonyl (C=O) groups is 3. The minimum Gasteiger partial charge on any atom is -0.497 e. The Morgan fingerprint density at radius 2 is 1.87 bits per heavy atom. The molecule has 2 aromatic carbocycles. The molecule has 154 valence electrons. The monoisotopic (exact) mass is 409 g/mol. The van der Waals surface area contributed by atoms with Crippen molar-refractivity contribution in [2.45, 2.75) is 12.1 Å². The summed E-state index contributed by atoms with van der Waals surface area (Å²) in [5, 5.41) is 16.9. The summed E-state index contributed by atoms with van der Waals surface area (Å²) in [6.45, 7) is -0.0645. The summed E-state index contributed by atoms with van der Waals surface area (Å²) >= 11 is 0. The number of benzene rings is 2. The van der Waals surface area contributed by atoms with Crippen molar-refractivity contribution in [1.29, 1.82) is 0 Å². The zero-order valence-electron chi connectivity index (χ0n) is 16.3. The van der Waals surface area contributed by atoms with E-state index < -0.39 is 23.4 Å². The highest BCUT2D eigenvalue weighted by atomic mass is 16.5. The molecule has 1 fully saturated rings. The van der Waals surface area contributed by atoms with E-state index in [0.29, 0.717) is 22.3 Å². The van der Waals surface area contributed by atoms with E-state index in [1.807, 2.05) is 0 Å². The van der Waals surface area contributed by atoms with Crippen LogP contribution in [0, 0.1) is 0 Å². The first kappa shape index (κ1) is 19.3. The third-order valence-electron chi connectivity index (χ3n) is 5.22. The number of amides is 3. The second-order valence-corrected chi connectivity index (χ2v) is 6.92. The van der Waals surface area contributed by atoms with Crippen molar-refractivity contribution in [2.24, 2.45) is 0 Å². The smallest absolute Gasteiger partial charge is 0.337 e. The van der Waals surface area contributed by atoms with Gasteiger partial charge in [-0.05, 0) is 35.9 Å². The van der Waals surface area contributed by atoms with E-state index in [0.717, 1.165) is 5.39 Å². The Hall–Kier alpha value is -4.01. The van der Waals surface area contributed by atoms with E-state index in [1.165, 1.54) is 30.9 Å². The van der Waals surface area contributed by atoms with Gasteiger partial charge in [-0.3, -0.25) is 10.1 Å². The predicted octanol–water partition coefficient (Wildman–Crippen LogP) is 1.88. The molecule has 3 aromatic rings. The van der Waals surface area contributed by atoms with E-state index in [-0.39, 0.29) is 12.4 Å². The fourth-order valence-corrected chi connectivity index (χ4v) is 3.63. The van der Waals surface area contributed by atoms with Crippen molar-refractivity contribution in [2.75, 3.05) is 14.2 Å². The first-order chi connectivity index (χ1) is 14.4. The maximum atomic E-state index is 12.8. The van der Waals surface area contributed by atoms with Gasteiger partial charge in [0.25, 0.3) is 5.91 Å². The summed E-state index contributed by atoms with van der Waals surface area (Å²) in [6.07, 6.45) is 1.69. The average Bonchev–Trinajstić information content (AvgIpc) is 3.22. The lowest BCUT2D eigenvalue weighted by atomic mass is 9.89. The summed E-state index contributed by atoms with van der Waals surface area (Å²) in [7, 11) is 2.80. The third-order valence-corrected chi connectivity index (χ3v) is 5.22. The molecule has 0 saturated carbocycles. The third kappa shape index (κ3) is 3.00. The van der Waals surface area contributed by atoms with Crippen molar-refractivity contribution in [1.82, 2.24) is 15.2 Å². The van der Waals surface area contributed by atoms with Crippen LogP contribution in [0.4, 0.5) is 4.79 Å². The maximum absolute atomic E-state index is 12.8. The Labute approximate surface area is 171 Å². The number of aromatic nitrogens is 1. The SMILES string of the molecule is COC(=O)c1ccc([C@]2(Cn3cc4ccc(OC)cc4c3O)NC(=O)NC2=O)cc1. The molecular weight excluding hydrogens is 390 g/mol. The molecule has 0 unspecified atom stereocenters. The van der Waals surface area contributed by atoms with Gasteiger partial charge in [0.2, 0.25) is 0 Å². The van der Waals surface area contributed by atoms with Crippen molar-refractivity contribution in [3.63, 3.8) is 0 Å². The zero-order valence-corrected chi connectivity index (χ0v) is 16.3. The number of esters is 1. The molecule has 0 spiro atoms. The number of ether oxygens (including phenoxy) is 2. The molecule has 2 heterocycles. The Bertz CT molecular complexity index is 1170. The molecule has 1 atom stereocenters. The van der Waals surface area contributed by atoms with E-state index in [9.17, 15) is 19.5 Å². The molecule has 4 rings (SSSR count). The highest BCUT2D eigenvalue weighted by Crippen LogP contribution is 2.34. The minimum atomic E-state index is -1.47. The van der Waals surface area contributed by atoms with E-state index in [1.54, 1.807) is 36.5 Å². The van der Waals surface area contributed by atoms with Crippen LogP contribution in [0.5, 0.6) is 11.6 Å². The molecule has 0 radical (unpaired) electrons. The number of fused-ring (bicyclic) bond motifs is 1. The number of methoxy groups -OCH3 is 2. The van der Waals surface area contributed by atoms with Gasteiger partial charge >= 0.3 is 12.0 Å². The number of aromatic hydroxyl groups is 1. The number of imide groups is 1. The predicted molar refractivity (Wildman–Crippen MR) is 106 cm³/mol. The number of hydrogen-bond acceptors (Lipinski definition) is 6. The molecule has 1 aromatic heterocycles. The van der Waals surface area contributed by atoms with Crippen molar-refractivity contribution in [3.8, 4) is 11.6 Å². The van der Waals surface area contributed by atoms with Crippen LogP contribution in [0.2, 0.25) is 0 Å². The molecule has 3 N–H and O–H groups in total. The number of hydrogen-bond donors (Lipinski definition) is 3. The molecule has 0 bridgehead atoms. The van der Waals surface area contributed by atoms with Crippen LogP contribution in [0.1, 0.15) is 15.9 Å². The van der Waals surface area contributed by atoms with Crippen molar-refractivity contribution in [3.05, 3.63) is 59.8 Å². The van der Waals surface area contributed by atoms with E-state index >= 15 is 0 Å². The van der Waals surface area contributed by atoms with E-state index in [2.05, 4.69) is 10.6 Å². The highest BCUT2D eigenvalue weighted by molar-refractivity contribution is 6.07. The van der Waals surface area contributed by atoms with Gasteiger partial charge in [0.1, 0.15) is 5.75 Å². The van der Waals surface area contributed by atoms with Gasteiger partial charge in [0.05, 0.1) is 26.3 Å². The molecular formula is C21H19N3O6. The number of nitrogens with one attached hydrogen (secondary N) is 2. The first-order valence-corrected chi connectivity index (χ1v) is 9.06. The molecule has 0 aliphatic carbocycles. The topological polar surface area (TPSA) is 119 Å². The fourth-order valence-electron chi connectivity index (χ4n) is 3.63. The zero-order chi connectivity index (χ0) is 21.5. The number of carbonyl (C=O) groups excluding carboxylic acids is 3. The summed E-state index contributed by atoms with van der Waals surface area (Å²) < 4.78 is 11.4. The molecule has 9 nitrogen and oxygen atoms in total. The molecule has 1 aliphatic heterocycles. The maximum Gasteiger partial charge on any atom is 0.337 e. The van der Waals surface area contributed by atoms with Crippen LogP contribution in [0.15, 0.2) is 48.7 Å². The van der Waals surface area contributed by atoms with Crippen LogP contribution < -0.4 is 15.4 Å². The summed E-state index contributed by atoms with van der Waals surface area (Å²) in [6, 6.07) is 10.8. The Kier molecular flexibility index (Phi) is 4.57. The first-order valence-electron chi connectivity index (χ1n) is 9.06. The Balaban J connectivity index is 1.78. The van der Waals surface area contributed by atoms with Crippen LogP contribution in [-0.2, 0) is 21.6 Å². The second-order valence-electron chi connectivity index (χ2n) is 6.92. The quantitative estimate of drug-likeness (QED) is 0.437. The van der Waals surface area contributed by atoms with Gasteiger partial charge in [-0.1, -0.05) is 12.1 Å². The fraction of sp³-hybridized carbons (Fsp3) is 0.190. The standard InChI is InChI=1S/C21H19N3O6/c1-29-15-8-5-13-10-24(17(25)16(13)9-15)11-21(19(27)22-20(28)23-21)14-6-3-12(4-7-14)18(26)30-2/h3-10,25H,11H2,1-2H3,(H2,22,23,27,28)/t21-/m0/s1. The van der Waals surface area contributed by atoms with Gasteiger partial charge in [-0.25, -0.2) is 9.59 Å². The van der Waals surface area contributed by atoms with E-state index in [4.69, 9.17) is 9.47 Å². The van der Waals surface area contributed by atoms with Crippen molar-refractivity contribution < 1.29 is 29.0 Å². The van der Waals surface area contributed by atoms with Crippen LogP contribution in [-0.4, -0.2) is 41.8 Å². The lowest BCUT2D eigenvalue weighted by Gasteiger charge is -2.27. The number of rotatable bonds is 5. The van der Waals surface area contributed by atoms with Gasteiger partial charge < -0.3 is 24.5 Å². The highest BCUT2D eigenvalue weighted by Gasteiger charge is 2.48.